The Bertz CT molecular complexity index is 1110. The van der Waals surface area contributed by atoms with E-state index in [2.05, 4.69) is 10.2 Å². The van der Waals surface area contributed by atoms with E-state index in [0.29, 0.717) is 35.9 Å². The Morgan fingerprint density at radius 1 is 1.03 bits per heavy atom. The third-order valence-corrected chi connectivity index (χ3v) is 6.47. The summed E-state index contributed by atoms with van der Waals surface area (Å²) in [6, 6.07) is 7.31. The van der Waals surface area contributed by atoms with Crippen molar-refractivity contribution in [1.29, 1.82) is 0 Å². The Labute approximate surface area is 206 Å². The maximum atomic E-state index is 12.7. The molecule has 190 valence electrons. The molecule has 2 aliphatic rings. The monoisotopic (exact) mass is 508 g/mol. The van der Waals surface area contributed by atoms with Gasteiger partial charge in [-0.15, -0.1) is 0 Å². The molecule has 0 saturated carbocycles. The number of aliphatic hydroxyl groups is 1. The van der Waals surface area contributed by atoms with Crippen LogP contribution in [-0.2, 0) is 19.5 Å². The van der Waals surface area contributed by atoms with E-state index in [1.54, 1.807) is 0 Å². The Morgan fingerprint density at radius 2 is 1.71 bits per heavy atom. The molecule has 1 fully saturated rings. The van der Waals surface area contributed by atoms with Gasteiger partial charge in [0.15, 0.2) is 0 Å². The van der Waals surface area contributed by atoms with Crippen molar-refractivity contribution >= 4 is 23.7 Å². The minimum Gasteiger partial charge on any atom is -0.491 e. The van der Waals surface area contributed by atoms with Crippen molar-refractivity contribution in [2.75, 3.05) is 52.4 Å². The minimum absolute atomic E-state index is 0.0326. The molecule has 3 heterocycles. The van der Waals surface area contributed by atoms with E-state index in [-0.39, 0.29) is 38.5 Å². The van der Waals surface area contributed by atoms with Crippen molar-refractivity contribution < 1.29 is 24.6 Å². The summed E-state index contributed by atoms with van der Waals surface area (Å²) in [5, 5.41) is 22.6. The lowest BCUT2D eigenvalue weighted by Crippen LogP contribution is -2.51. The van der Waals surface area contributed by atoms with Crippen LogP contribution in [0.4, 0.5) is 9.59 Å². The van der Waals surface area contributed by atoms with Crippen molar-refractivity contribution in [2.45, 2.75) is 19.5 Å². The number of imidazole rings is 1. The number of fused-ring (bicyclic) bond motifs is 1. The summed E-state index contributed by atoms with van der Waals surface area (Å²) in [6.07, 6.45) is 0.149. The SMILES string of the molecule is O=C(NCCO)N1CCn2c(c(O)n(OC(=O)N3CCN(CCc4ccc(Cl)cc4)CC3)c2=O)C1. The van der Waals surface area contributed by atoms with Crippen LogP contribution in [-0.4, -0.2) is 98.8 Å². The normalized spacial score (nSPS) is 16.2. The summed E-state index contributed by atoms with van der Waals surface area (Å²) in [6.45, 7) is 3.28. The summed E-state index contributed by atoms with van der Waals surface area (Å²) < 4.78 is 1.87. The number of piperazine rings is 1. The van der Waals surface area contributed by atoms with E-state index in [4.69, 9.17) is 21.5 Å². The molecule has 0 aliphatic carbocycles. The van der Waals surface area contributed by atoms with Crippen molar-refractivity contribution in [3.63, 3.8) is 0 Å². The van der Waals surface area contributed by atoms with Crippen molar-refractivity contribution in [1.82, 2.24) is 29.3 Å². The fourth-order valence-electron chi connectivity index (χ4n) is 4.18. The number of hydrogen-bond donors (Lipinski definition) is 3. The number of nitrogens with zero attached hydrogens (tertiary/aromatic N) is 5. The van der Waals surface area contributed by atoms with Crippen molar-refractivity contribution in [3.8, 4) is 5.88 Å². The number of halogens is 1. The zero-order valence-corrected chi connectivity index (χ0v) is 20.0. The lowest BCUT2D eigenvalue weighted by Gasteiger charge is -2.33. The highest BCUT2D eigenvalue weighted by Gasteiger charge is 2.31. The van der Waals surface area contributed by atoms with Crippen LogP contribution in [0.15, 0.2) is 29.1 Å². The summed E-state index contributed by atoms with van der Waals surface area (Å²) in [4.78, 5) is 47.9. The Morgan fingerprint density at radius 3 is 2.40 bits per heavy atom. The summed E-state index contributed by atoms with van der Waals surface area (Å²) in [5.41, 5.74) is 0.691. The van der Waals surface area contributed by atoms with Gasteiger partial charge in [0.25, 0.3) is 5.88 Å². The molecule has 1 aromatic heterocycles. The molecule has 12 nitrogen and oxygen atoms in total. The van der Waals surface area contributed by atoms with Gasteiger partial charge in [-0.3, -0.25) is 9.47 Å². The molecule has 2 aliphatic heterocycles. The first-order chi connectivity index (χ1) is 16.9. The van der Waals surface area contributed by atoms with E-state index in [0.717, 1.165) is 13.0 Å². The number of aromatic nitrogens is 2. The number of nitrogens with one attached hydrogen (secondary N) is 1. The molecule has 3 amide bonds. The number of carbonyl (C=O) groups excluding carboxylic acids is 2. The van der Waals surface area contributed by atoms with Gasteiger partial charge < -0.3 is 30.2 Å². The summed E-state index contributed by atoms with van der Waals surface area (Å²) >= 11 is 5.93. The molecule has 0 unspecified atom stereocenters. The lowest BCUT2D eigenvalue weighted by atomic mass is 10.1. The van der Waals surface area contributed by atoms with Crippen LogP contribution in [0, 0.1) is 0 Å². The average molecular weight is 509 g/mol. The van der Waals surface area contributed by atoms with E-state index in [9.17, 15) is 19.5 Å². The topological polar surface area (TPSA) is 133 Å². The van der Waals surface area contributed by atoms with Crippen LogP contribution in [0.25, 0.3) is 0 Å². The van der Waals surface area contributed by atoms with Crippen LogP contribution in [0.5, 0.6) is 5.88 Å². The quantitative estimate of drug-likeness (QED) is 0.497. The summed E-state index contributed by atoms with van der Waals surface area (Å²) in [5.74, 6) is -0.510. The molecule has 0 radical (unpaired) electrons. The number of hydrogen-bond acceptors (Lipinski definition) is 7. The van der Waals surface area contributed by atoms with Gasteiger partial charge in [-0.25, -0.2) is 14.4 Å². The third kappa shape index (κ3) is 5.72. The van der Waals surface area contributed by atoms with Crippen LogP contribution in [0.3, 0.4) is 0 Å². The minimum atomic E-state index is -0.722. The van der Waals surface area contributed by atoms with Gasteiger partial charge in [-0.1, -0.05) is 28.5 Å². The first kappa shape index (κ1) is 24.9. The van der Waals surface area contributed by atoms with Crippen LogP contribution >= 0.6 is 11.6 Å². The second-order valence-electron chi connectivity index (χ2n) is 8.44. The number of amides is 3. The second kappa shape index (κ2) is 11.0. The molecule has 2 aromatic rings. The van der Waals surface area contributed by atoms with Gasteiger partial charge >= 0.3 is 17.8 Å². The fourth-order valence-corrected chi connectivity index (χ4v) is 4.31. The third-order valence-electron chi connectivity index (χ3n) is 6.22. The van der Waals surface area contributed by atoms with Crippen molar-refractivity contribution in [2.24, 2.45) is 0 Å². The fraction of sp³-hybridized carbons (Fsp3) is 0.500. The standard InChI is InChI=1S/C22H29ClN6O6/c23-17-3-1-16(2-4-17)5-7-25-8-10-26(11-9-25)22(34)35-29-19(31)18-15-27(20(32)24-6-14-30)12-13-28(18)21(29)33/h1-4,30-31H,5-15H2,(H,24,32). The lowest BCUT2D eigenvalue weighted by molar-refractivity contribution is 0.0600. The Hall–Kier alpha value is -3.22. The van der Waals surface area contributed by atoms with Gasteiger partial charge in [-0.2, -0.15) is 0 Å². The Balaban J connectivity index is 1.31. The molecule has 1 saturated heterocycles. The predicted octanol–water partition coefficient (Wildman–Crippen LogP) is -0.0648. The second-order valence-corrected chi connectivity index (χ2v) is 8.87. The molecular formula is C22H29ClN6O6. The molecule has 0 bridgehead atoms. The number of aliphatic hydroxyl groups excluding tert-OH is 1. The zero-order chi connectivity index (χ0) is 24.9. The van der Waals surface area contributed by atoms with Gasteiger partial charge in [-0.05, 0) is 24.1 Å². The zero-order valence-electron chi connectivity index (χ0n) is 19.2. The number of aromatic hydroxyl groups is 1. The molecule has 0 spiro atoms. The maximum Gasteiger partial charge on any atom is 0.434 e. The van der Waals surface area contributed by atoms with Crippen LogP contribution < -0.4 is 15.8 Å². The number of urea groups is 1. The molecule has 1 aromatic carbocycles. The number of benzene rings is 1. The molecule has 3 N–H and O–H groups in total. The molecule has 4 rings (SSSR count). The summed E-state index contributed by atoms with van der Waals surface area (Å²) in [7, 11) is 0. The van der Waals surface area contributed by atoms with E-state index < -0.39 is 23.7 Å². The number of carbonyl (C=O) groups is 2. The maximum absolute atomic E-state index is 12.7. The highest BCUT2D eigenvalue weighted by Crippen LogP contribution is 2.21. The van der Waals surface area contributed by atoms with E-state index in [1.807, 2.05) is 24.3 Å². The average Bonchev–Trinajstić information content (AvgIpc) is 3.11. The smallest absolute Gasteiger partial charge is 0.434 e. The molecule has 0 atom stereocenters. The highest BCUT2D eigenvalue weighted by atomic mass is 35.5. The van der Waals surface area contributed by atoms with E-state index in [1.165, 1.54) is 19.9 Å². The predicted molar refractivity (Wildman–Crippen MR) is 126 cm³/mol. The first-order valence-electron chi connectivity index (χ1n) is 11.5. The van der Waals surface area contributed by atoms with E-state index >= 15 is 0 Å². The van der Waals surface area contributed by atoms with Crippen LogP contribution in [0.2, 0.25) is 5.02 Å². The first-order valence-corrected chi connectivity index (χ1v) is 11.9. The van der Waals surface area contributed by atoms with Gasteiger partial charge in [0.1, 0.15) is 5.69 Å². The van der Waals surface area contributed by atoms with Crippen LogP contribution in [0.1, 0.15) is 11.3 Å². The molecular weight excluding hydrogens is 480 g/mol. The number of rotatable bonds is 6. The molecule has 35 heavy (non-hydrogen) atoms. The van der Waals surface area contributed by atoms with Gasteiger partial charge in [0, 0.05) is 57.4 Å². The van der Waals surface area contributed by atoms with Gasteiger partial charge in [0.05, 0.1) is 13.2 Å². The Kier molecular flexibility index (Phi) is 7.83. The highest BCUT2D eigenvalue weighted by molar-refractivity contribution is 6.30. The largest absolute Gasteiger partial charge is 0.491 e. The molecule has 13 heteroatoms. The van der Waals surface area contributed by atoms with Crippen molar-refractivity contribution in [3.05, 3.63) is 51.0 Å². The van der Waals surface area contributed by atoms with Gasteiger partial charge in [0.2, 0.25) is 0 Å².